The van der Waals surface area contributed by atoms with Gasteiger partial charge >= 0.3 is 0 Å². The van der Waals surface area contributed by atoms with E-state index < -0.39 is 0 Å². The van der Waals surface area contributed by atoms with Crippen LogP contribution in [0.3, 0.4) is 0 Å². The van der Waals surface area contributed by atoms with Gasteiger partial charge in [0.15, 0.2) is 0 Å². The SMILES string of the molecule is Cc1cc(C(C)(C)c2cccc(C(C)(C)c3ccc(O)c(C(C)c4c5ccccc5cc5ccccc45)c3)c2)ccc1O. The van der Waals surface area contributed by atoms with Gasteiger partial charge in [-0.3, -0.25) is 0 Å². The van der Waals surface area contributed by atoms with Gasteiger partial charge in [-0.25, -0.2) is 0 Å². The Balaban J connectivity index is 1.43. The van der Waals surface area contributed by atoms with E-state index in [1.165, 1.54) is 43.8 Å². The Bertz CT molecular complexity index is 1920. The number of phenols is 2. The Kier molecular flexibility index (Phi) is 7.05. The molecular formula is C41H40O2. The van der Waals surface area contributed by atoms with Crippen LogP contribution in [-0.4, -0.2) is 10.2 Å². The molecule has 0 spiro atoms. The molecule has 0 bridgehead atoms. The lowest BCUT2D eigenvalue weighted by Gasteiger charge is -2.31. The predicted molar refractivity (Wildman–Crippen MR) is 181 cm³/mol. The van der Waals surface area contributed by atoms with Crippen molar-refractivity contribution < 1.29 is 10.2 Å². The third kappa shape index (κ3) is 4.95. The molecule has 2 heteroatoms. The van der Waals surface area contributed by atoms with Gasteiger partial charge < -0.3 is 10.2 Å². The van der Waals surface area contributed by atoms with Gasteiger partial charge in [-0.05, 0) is 80.0 Å². The molecule has 0 saturated heterocycles. The van der Waals surface area contributed by atoms with Crippen LogP contribution in [0.5, 0.6) is 11.5 Å². The van der Waals surface area contributed by atoms with Crippen LogP contribution in [0.2, 0.25) is 0 Å². The second-order valence-electron chi connectivity index (χ2n) is 13.1. The van der Waals surface area contributed by atoms with E-state index in [0.717, 1.165) is 16.7 Å². The van der Waals surface area contributed by atoms with E-state index in [9.17, 15) is 10.2 Å². The summed E-state index contributed by atoms with van der Waals surface area (Å²) in [6.45, 7) is 13.2. The predicted octanol–water partition coefficient (Wildman–Crippen LogP) is 10.5. The zero-order valence-electron chi connectivity index (χ0n) is 25.9. The van der Waals surface area contributed by atoms with E-state index in [1.807, 2.05) is 19.1 Å². The molecule has 0 aliphatic heterocycles. The lowest BCUT2D eigenvalue weighted by molar-refractivity contribution is 0.465. The van der Waals surface area contributed by atoms with Crippen molar-refractivity contribution >= 4 is 21.5 Å². The zero-order chi connectivity index (χ0) is 30.5. The quantitative estimate of drug-likeness (QED) is 0.198. The van der Waals surface area contributed by atoms with Gasteiger partial charge in [0, 0.05) is 22.3 Å². The molecule has 0 aromatic heterocycles. The monoisotopic (exact) mass is 564 g/mol. The third-order valence-corrected chi connectivity index (χ3v) is 9.69. The highest BCUT2D eigenvalue weighted by atomic mass is 16.3. The van der Waals surface area contributed by atoms with E-state index in [2.05, 4.69) is 132 Å². The molecule has 216 valence electrons. The standard InChI is InChI=1S/C41H40O2/c1-26-22-32(18-20-37(26)42)40(3,4)30-14-11-15-31(24-30)41(5,6)33-19-21-38(43)36(25-33)27(2)39-34-16-9-7-12-28(34)23-29-13-8-10-17-35(29)39/h7-25,27,42-43H,1-6H3. The topological polar surface area (TPSA) is 40.5 Å². The minimum Gasteiger partial charge on any atom is -0.508 e. The maximum atomic E-state index is 11.2. The van der Waals surface area contributed by atoms with Gasteiger partial charge in [-0.15, -0.1) is 0 Å². The summed E-state index contributed by atoms with van der Waals surface area (Å²) < 4.78 is 0. The summed E-state index contributed by atoms with van der Waals surface area (Å²) in [6, 6.07) is 40.2. The molecule has 6 rings (SSSR count). The highest BCUT2D eigenvalue weighted by Crippen LogP contribution is 2.43. The summed E-state index contributed by atoms with van der Waals surface area (Å²) in [5.41, 5.74) is 7.27. The van der Waals surface area contributed by atoms with Crippen molar-refractivity contribution in [2.75, 3.05) is 0 Å². The van der Waals surface area contributed by atoms with Gasteiger partial charge in [0.1, 0.15) is 11.5 Å². The molecule has 0 fully saturated rings. The van der Waals surface area contributed by atoms with Crippen LogP contribution in [0.4, 0.5) is 0 Å². The van der Waals surface area contributed by atoms with Crippen LogP contribution in [0.15, 0.2) is 115 Å². The molecule has 0 amide bonds. The summed E-state index contributed by atoms with van der Waals surface area (Å²) in [7, 11) is 0. The number of aromatic hydroxyl groups is 2. The fourth-order valence-electron chi connectivity index (χ4n) is 6.64. The Morgan fingerprint density at radius 2 is 1.00 bits per heavy atom. The van der Waals surface area contributed by atoms with Crippen LogP contribution in [-0.2, 0) is 10.8 Å². The largest absolute Gasteiger partial charge is 0.508 e. The van der Waals surface area contributed by atoms with Crippen LogP contribution in [0.1, 0.15) is 79.5 Å². The van der Waals surface area contributed by atoms with Crippen LogP contribution < -0.4 is 0 Å². The highest BCUT2D eigenvalue weighted by Gasteiger charge is 2.29. The number of rotatable bonds is 6. The van der Waals surface area contributed by atoms with Crippen molar-refractivity contribution in [3.05, 3.63) is 154 Å². The van der Waals surface area contributed by atoms with E-state index in [0.29, 0.717) is 11.5 Å². The normalized spacial score (nSPS) is 13.0. The average molecular weight is 565 g/mol. The number of phenolic OH excluding ortho intramolecular Hbond substituents is 2. The first-order chi connectivity index (χ1) is 20.5. The second-order valence-corrected chi connectivity index (χ2v) is 13.1. The van der Waals surface area contributed by atoms with Crippen molar-refractivity contribution in [2.24, 2.45) is 0 Å². The first-order valence-electron chi connectivity index (χ1n) is 15.1. The molecule has 0 saturated carbocycles. The first kappa shape index (κ1) is 28.6. The summed E-state index contributed by atoms with van der Waals surface area (Å²) in [5, 5.41) is 26.2. The van der Waals surface area contributed by atoms with Gasteiger partial charge in [-0.2, -0.15) is 0 Å². The van der Waals surface area contributed by atoms with Crippen molar-refractivity contribution in [2.45, 2.75) is 58.3 Å². The summed E-state index contributed by atoms with van der Waals surface area (Å²) in [4.78, 5) is 0. The van der Waals surface area contributed by atoms with Crippen molar-refractivity contribution in [3.8, 4) is 11.5 Å². The molecule has 0 heterocycles. The Labute approximate surface area is 255 Å². The molecule has 1 unspecified atom stereocenters. The lowest BCUT2D eigenvalue weighted by atomic mass is 9.72. The van der Waals surface area contributed by atoms with Gasteiger partial charge in [0.05, 0.1) is 0 Å². The van der Waals surface area contributed by atoms with Crippen molar-refractivity contribution in [1.29, 1.82) is 0 Å². The highest BCUT2D eigenvalue weighted by molar-refractivity contribution is 6.03. The first-order valence-corrected chi connectivity index (χ1v) is 15.1. The number of aryl methyl sites for hydroxylation is 1. The fourth-order valence-corrected chi connectivity index (χ4v) is 6.64. The third-order valence-electron chi connectivity index (χ3n) is 9.69. The summed E-state index contributed by atoms with van der Waals surface area (Å²) in [6.07, 6.45) is 0. The molecule has 1 atom stereocenters. The molecule has 2 N–H and O–H groups in total. The maximum absolute atomic E-state index is 11.2. The molecule has 0 radical (unpaired) electrons. The Morgan fingerprint density at radius 3 is 1.56 bits per heavy atom. The number of benzene rings is 6. The van der Waals surface area contributed by atoms with Crippen LogP contribution in [0.25, 0.3) is 21.5 Å². The fraction of sp³-hybridized carbons (Fsp3) is 0.220. The van der Waals surface area contributed by atoms with E-state index in [4.69, 9.17) is 0 Å². The maximum Gasteiger partial charge on any atom is 0.119 e. The second kappa shape index (κ2) is 10.6. The van der Waals surface area contributed by atoms with Crippen LogP contribution >= 0.6 is 0 Å². The molecule has 43 heavy (non-hydrogen) atoms. The minimum atomic E-state index is -0.306. The number of hydrogen-bond acceptors (Lipinski definition) is 2. The van der Waals surface area contributed by atoms with E-state index in [1.54, 1.807) is 6.07 Å². The zero-order valence-corrected chi connectivity index (χ0v) is 25.9. The summed E-state index contributed by atoms with van der Waals surface area (Å²) in [5.74, 6) is 0.625. The van der Waals surface area contributed by atoms with E-state index in [-0.39, 0.29) is 16.7 Å². The number of fused-ring (bicyclic) bond motifs is 2. The average Bonchev–Trinajstić information content (AvgIpc) is 3.01. The molecule has 6 aromatic carbocycles. The van der Waals surface area contributed by atoms with Crippen molar-refractivity contribution in [3.63, 3.8) is 0 Å². The van der Waals surface area contributed by atoms with Crippen molar-refractivity contribution in [1.82, 2.24) is 0 Å². The smallest absolute Gasteiger partial charge is 0.119 e. The number of hydrogen-bond donors (Lipinski definition) is 2. The van der Waals surface area contributed by atoms with Crippen LogP contribution in [0, 0.1) is 6.92 Å². The molecule has 2 nitrogen and oxygen atoms in total. The van der Waals surface area contributed by atoms with E-state index >= 15 is 0 Å². The molecule has 0 aliphatic rings. The molecule has 6 aromatic rings. The lowest BCUT2D eigenvalue weighted by Crippen LogP contribution is -2.23. The Hall–Kier alpha value is -4.56. The molecular weight excluding hydrogens is 524 g/mol. The summed E-state index contributed by atoms with van der Waals surface area (Å²) >= 11 is 0. The Morgan fingerprint density at radius 1 is 0.512 bits per heavy atom. The minimum absolute atomic E-state index is 0.0187. The molecule has 0 aliphatic carbocycles. The van der Waals surface area contributed by atoms with Gasteiger partial charge in [-0.1, -0.05) is 132 Å². The van der Waals surface area contributed by atoms with Gasteiger partial charge in [0.25, 0.3) is 0 Å². The van der Waals surface area contributed by atoms with Gasteiger partial charge in [0.2, 0.25) is 0 Å².